The zero-order valence-corrected chi connectivity index (χ0v) is 20.6. The molecule has 0 aliphatic heterocycles. The van der Waals surface area contributed by atoms with Gasteiger partial charge in [0.15, 0.2) is 0 Å². The minimum Gasteiger partial charge on any atom is -0.493 e. The summed E-state index contributed by atoms with van der Waals surface area (Å²) in [6, 6.07) is 12.5. The van der Waals surface area contributed by atoms with Gasteiger partial charge in [0, 0.05) is 23.2 Å². The molecule has 4 nitrogen and oxygen atoms in total. The number of pyridine rings is 1. The van der Waals surface area contributed by atoms with Crippen molar-refractivity contribution in [3.63, 3.8) is 0 Å². The van der Waals surface area contributed by atoms with E-state index in [1.165, 1.54) is 17.2 Å². The number of hydrogen-bond acceptors (Lipinski definition) is 3. The van der Waals surface area contributed by atoms with Gasteiger partial charge in [0.1, 0.15) is 5.75 Å². The monoisotopic (exact) mass is 445 g/mol. The second-order valence-electron chi connectivity index (χ2n) is 9.25. The quantitative estimate of drug-likeness (QED) is 0.269. The maximum atomic E-state index is 11.2. The lowest BCUT2D eigenvalue weighted by Crippen LogP contribution is -2.05. The van der Waals surface area contributed by atoms with Crippen molar-refractivity contribution in [2.75, 3.05) is 6.61 Å². The summed E-state index contributed by atoms with van der Waals surface area (Å²) < 4.78 is 6.43. The highest BCUT2D eigenvalue weighted by molar-refractivity contribution is 5.99. The van der Waals surface area contributed by atoms with Crippen LogP contribution in [-0.2, 0) is 4.79 Å². The number of nitrogens with zero attached hydrogens (tertiary/aromatic N) is 1. The summed E-state index contributed by atoms with van der Waals surface area (Å²) in [5.74, 6) is 0.703. The number of benzene rings is 2. The van der Waals surface area contributed by atoms with Crippen LogP contribution in [0.4, 0.5) is 0 Å². The smallest absolute Gasteiger partial charge is 0.328 e. The molecule has 0 bridgehead atoms. The van der Waals surface area contributed by atoms with Gasteiger partial charge < -0.3 is 9.84 Å². The van der Waals surface area contributed by atoms with E-state index < -0.39 is 5.97 Å². The lowest BCUT2D eigenvalue weighted by molar-refractivity contribution is -0.131. The fourth-order valence-electron chi connectivity index (χ4n) is 4.01. The van der Waals surface area contributed by atoms with Gasteiger partial charge in [0.2, 0.25) is 0 Å². The number of hydrogen-bond donors (Lipinski definition) is 1. The summed E-state index contributed by atoms with van der Waals surface area (Å²) in [6.07, 6.45) is 5.16. The Morgan fingerprint density at radius 2 is 1.82 bits per heavy atom. The molecular formula is C29H35NO3. The number of allylic oxidation sites excluding steroid dienone is 1. The molecule has 0 amide bonds. The molecule has 0 spiro atoms. The van der Waals surface area contributed by atoms with Crippen LogP contribution in [0.15, 0.2) is 48.7 Å². The van der Waals surface area contributed by atoms with E-state index in [2.05, 4.69) is 51.7 Å². The van der Waals surface area contributed by atoms with E-state index in [0.717, 1.165) is 46.2 Å². The van der Waals surface area contributed by atoms with Crippen molar-refractivity contribution in [2.45, 2.75) is 66.2 Å². The lowest BCUT2D eigenvalue weighted by Gasteiger charge is -2.22. The number of aromatic nitrogens is 1. The Balaban J connectivity index is 2.31. The Hall–Kier alpha value is -3.14. The Bertz CT molecular complexity index is 1170. The lowest BCUT2D eigenvalue weighted by atomic mass is 9.88. The Morgan fingerprint density at radius 3 is 2.45 bits per heavy atom. The normalized spacial score (nSPS) is 12.1. The third-order valence-electron chi connectivity index (χ3n) is 6.00. The van der Waals surface area contributed by atoms with E-state index >= 15 is 0 Å². The van der Waals surface area contributed by atoms with Crippen LogP contribution in [0.2, 0.25) is 0 Å². The molecule has 0 aliphatic rings. The Labute approximate surface area is 197 Å². The molecule has 1 N–H and O–H groups in total. The highest BCUT2D eigenvalue weighted by Crippen LogP contribution is 2.42. The molecule has 1 aromatic heterocycles. The molecule has 0 radical (unpaired) electrons. The van der Waals surface area contributed by atoms with Crippen molar-refractivity contribution in [3.05, 3.63) is 65.4 Å². The molecule has 2 aromatic carbocycles. The van der Waals surface area contributed by atoms with E-state index in [1.807, 2.05) is 37.4 Å². The third-order valence-corrected chi connectivity index (χ3v) is 6.00. The van der Waals surface area contributed by atoms with E-state index in [0.29, 0.717) is 24.0 Å². The first-order chi connectivity index (χ1) is 15.7. The van der Waals surface area contributed by atoms with Gasteiger partial charge in [-0.05, 0) is 77.3 Å². The van der Waals surface area contributed by atoms with Crippen LogP contribution < -0.4 is 4.74 Å². The average molecular weight is 446 g/mol. The van der Waals surface area contributed by atoms with Crippen molar-refractivity contribution in [2.24, 2.45) is 0 Å². The molecule has 1 heterocycles. The van der Waals surface area contributed by atoms with Crippen molar-refractivity contribution in [1.82, 2.24) is 4.98 Å². The molecule has 3 rings (SSSR count). The molecule has 3 aromatic rings. The van der Waals surface area contributed by atoms with Crippen molar-refractivity contribution in [3.8, 4) is 16.9 Å². The van der Waals surface area contributed by atoms with Crippen LogP contribution in [0.3, 0.4) is 0 Å². The number of aliphatic carboxylic acids is 1. The number of carbonyl (C=O) groups is 1. The Kier molecular flexibility index (Phi) is 7.91. The zero-order chi connectivity index (χ0) is 24.1. The fourth-order valence-corrected chi connectivity index (χ4v) is 4.01. The highest BCUT2D eigenvalue weighted by Gasteiger charge is 2.19. The highest BCUT2D eigenvalue weighted by atomic mass is 16.5. The molecular weight excluding hydrogens is 410 g/mol. The first-order valence-corrected chi connectivity index (χ1v) is 11.8. The number of fused-ring (bicyclic) bond motifs is 1. The molecule has 33 heavy (non-hydrogen) atoms. The SMILES string of the molecule is CCCCOc1c(-c2ccnc3ccc(/C(C)=C/C(=O)O)cc23)cc(C(C)C)cc1C(C)C. The van der Waals surface area contributed by atoms with Crippen LogP contribution in [0.5, 0.6) is 5.75 Å². The second-order valence-corrected chi connectivity index (χ2v) is 9.25. The standard InChI is InChI=1S/C29H35NO3/c1-7-8-13-33-29-24(19(4)5)16-22(18(2)3)17-26(29)23-11-12-30-27-10-9-21(15-25(23)27)20(6)14-28(31)32/h9-12,14-19H,7-8,13H2,1-6H3,(H,31,32)/b20-14+. The number of unbranched alkanes of at least 4 members (excludes halogenated alkanes) is 1. The molecule has 4 heteroatoms. The average Bonchev–Trinajstić information content (AvgIpc) is 2.77. The molecule has 0 unspecified atom stereocenters. The van der Waals surface area contributed by atoms with Gasteiger partial charge in [-0.25, -0.2) is 4.79 Å². The van der Waals surface area contributed by atoms with Gasteiger partial charge >= 0.3 is 5.97 Å². The second kappa shape index (κ2) is 10.7. The van der Waals surface area contributed by atoms with Gasteiger partial charge in [-0.3, -0.25) is 4.98 Å². The van der Waals surface area contributed by atoms with Crippen LogP contribution >= 0.6 is 0 Å². The van der Waals surface area contributed by atoms with Crippen LogP contribution in [-0.4, -0.2) is 22.7 Å². The summed E-state index contributed by atoms with van der Waals surface area (Å²) in [7, 11) is 0. The van der Waals surface area contributed by atoms with Crippen LogP contribution in [0.1, 0.15) is 82.9 Å². The molecule has 0 saturated carbocycles. The topological polar surface area (TPSA) is 59.4 Å². The molecule has 0 saturated heterocycles. The third kappa shape index (κ3) is 5.62. The minimum absolute atomic E-state index is 0.323. The van der Waals surface area contributed by atoms with Gasteiger partial charge in [0.05, 0.1) is 12.1 Å². The molecule has 174 valence electrons. The summed E-state index contributed by atoms with van der Waals surface area (Å²) >= 11 is 0. The van der Waals surface area contributed by atoms with Crippen LogP contribution in [0.25, 0.3) is 27.6 Å². The predicted molar refractivity (Wildman–Crippen MR) is 137 cm³/mol. The molecule has 0 fully saturated rings. The van der Waals surface area contributed by atoms with Crippen molar-refractivity contribution < 1.29 is 14.6 Å². The molecule has 0 aliphatic carbocycles. The zero-order valence-electron chi connectivity index (χ0n) is 20.6. The van der Waals surface area contributed by atoms with Gasteiger partial charge in [-0.1, -0.05) is 53.2 Å². The number of carboxylic acid groups (broad SMARTS) is 1. The fraction of sp³-hybridized carbons (Fsp3) is 0.379. The van der Waals surface area contributed by atoms with Crippen LogP contribution in [0, 0.1) is 0 Å². The van der Waals surface area contributed by atoms with Crippen molar-refractivity contribution in [1.29, 1.82) is 0 Å². The number of carboxylic acids is 1. The van der Waals surface area contributed by atoms with E-state index in [1.54, 1.807) is 0 Å². The Morgan fingerprint density at radius 1 is 1.06 bits per heavy atom. The van der Waals surface area contributed by atoms with Crippen molar-refractivity contribution >= 4 is 22.4 Å². The van der Waals surface area contributed by atoms with E-state index in [9.17, 15) is 9.90 Å². The molecule has 0 atom stereocenters. The van der Waals surface area contributed by atoms with E-state index in [-0.39, 0.29) is 0 Å². The first-order valence-electron chi connectivity index (χ1n) is 11.8. The summed E-state index contributed by atoms with van der Waals surface area (Å²) in [6.45, 7) is 13.5. The predicted octanol–water partition coefficient (Wildman–Crippen LogP) is 7.82. The van der Waals surface area contributed by atoms with Gasteiger partial charge in [0.25, 0.3) is 0 Å². The minimum atomic E-state index is -0.947. The first kappa shape index (κ1) is 24.5. The largest absolute Gasteiger partial charge is 0.493 e. The van der Waals surface area contributed by atoms with E-state index in [4.69, 9.17) is 4.74 Å². The summed E-state index contributed by atoms with van der Waals surface area (Å²) in [4.78, 5) is 15.8. The number of ether oxygens (including phenoxy) is 1. The number of rotatable bonds is 9. The summed E-state index contributed by atoms with van der Waals surface area (Å²) in [5, 5.41) is 10.2. The maximum Gasteiger partial charge on any atom is 0.328 e. The van der Waals surface area contributed by atoms with Gasteiger partial charge in [-0.2, -0.15) is 0 Å². The van der Waals surface area contributed by atoms with Gasteiger partial charge in [-0.15, -0.1) is 0 Å². The maximum absolute atomic E-state index is 11.2. The summed E-state index contributed by atoms with van der Waals surface area (Å²) in [5.41, 5.74) is 7.08.